The largest absolute Gasteiger partial charge is 0.340 e. The molecule has 21 heavy (non-hydrogen) atoms. The van der Waals surface area contributed by atoms with Gasteiger partial charge < -0.3 is 4.90 Å². The van der Waals surface area contributed by atoms with Crippen molar-refractivity contribution in [2.45, 2.75) is 19.8 Å². The van der Waals surface area contributed by atoms with Crippen molar-refractivity contribution >= 4 is 38.9 Å². The first-order valence-corrected chi connectivity index (χ1v) is 9.72. The molecule has 0 atom stereocenters. The van der Waals surface area contributed by atoms with E-state index in [4.69, 9.17) is 11.6 Å². The number of thiophene rings is 1. The number of carbonyl (C=O) groups is 1. The van der Waals surface area contributed by atoms with Crippen molar-refractivity contribution in [1.29, 1.82) is 0 Å². The summed E-state index contributed by atoms with van der Waals surface area (Å²) in [5.41, 5.74) is 0. The normalized spacial score (nSPS) is 17.1. The van der Waals surface area contributed by atoms with E-state index in [-0.39, 0.29) is 11.7 Å². The number of halogens is 1. The van der Waals surface area contributed by atoms with Crippen molar-refractivity contribution in [2.75, 3.05) is 31.9 Å². The van der Waals surface area contributed by atoms with E-state index in [0.29, 0.717) is 43.4 Å². The number of hydrogen-bond donors (Lipinski definition) is 0. The maximum atomic E-state index is 12.2. The lowest BCUT2D eigenvalue weighted by atomic mass is 10.3. The Labute approximate surface area is 134 Å². The Morgan fingerprint density at radius 1 is 1.29 bits per heavy atom. The van der Waals surface area contributed by atoms with E-state index < -0.39 is 10.0 Å². The predicted molar refractivity (Wildman–Crippen MR) is 85.3 cm³/mol. The van der Waals surface area contributed by atoms with Crippen molar-refractivity contribution < 1.29 is 13.2 Å². The summed E-state index contributed by atoms with van der Waals surface area (Å²) in [6.07, 6.45) is 0.944. The van der Waals surface area contributed by atoms with E-state index in [9.17, 15) is 13.2 Å². The van der Waals surface area contributed by atoms with Crippen molar-refractivity contribution in [3.8, 4) is 0 Å². The number of carbonyl (C=O) groups excluding carboxylic acids is 1. The zero-order valence-electron chi connectivity index (χ0n) is 11.9. The summed E-state index contributed by atoms with van der Waals surface area (Å²) in [5.74, 6) is 0.204. The summed E-state index contributed by atoms with van der Waals surface area (Å²) in [4.78, 5) is 14.8. The molecule has 2 rings (SSSR count). The van der Waals surface area contributed by atoms with Crippen LogP contribution >= 0.6 is 22.9 Å². The molecule has 0 N–H and O–H groups in total. The Morgan fingerprint density at radius 2 is 1.95 bits per heavy atom. The number of piperazine rings is 1. The third-order valence-electron chi connectivity index (χ3n) is 3.40. The molecule has 118 valence electrons. The van der Waals surface area contributed by atoms with Crippen molar-refractivity contribution in [3.63, 3.8) is 0 Å². The highest BCUT2D eigenvalue weighted by atomic mass is 35.5. The molecule has 0 saturated carbocycles. The first kappa shape index (κ1) is 16.7. The molecule has 0 aromatic carbocycles. The van der Waals surface area contributed by atoms with Crippen LogP contribution in [0.2, 0.25) is 4.34 Å². The molecule has 1 fully saturated rings. The van der Waals surface area contributed by atoms with Gasteiger partial charge in [-0.3, -0.25) is 4.79 Å². The summed E-state index contributed by atoms with van der Waals surface area (Å²) in [5, 5.41) is 0. The molecule has 0 radical (unpaired) electrons. The summed E-state index contributed by atoms with van der Waals surface area (Å²) in [6.45, 7) is 3.55. The van der Waals surface area contributed by atoms with Crippen LogP contribution in [0.15, 0.2) is 12.1 Å². The van der Waals surface area contributed by atoms with Crippen LogP contribution in [0, 0.1) is 0 Å². The van der Waals surface area contributed by atoms with E-state index in [0.717, 1.165) is 4.88 Å². The second-order valence-corrected chi connectivity index (χ2v) is 8.87. The first-order chi connectivity index (χ1) is 9.92. The van der Waals surface area contributed by atoms with Crippen molar-refractivity contribution in [3.05, 3.63) is 21.3 Å². The maximum Gasteiger partial charge on any atom is 0.227 e. The molecule has 0 aliphatic carbocycles. The number of amides is 1. The molecular weight excluding hydrogens is 332 g/mol. The zero-order chi connectivity index (χ0) is 15.5. The quantitative estimate of drug-likeness (QED) is 0.814. The highest BCUT2D eigenvalue weighted by molar-refractivity contribution is 7.89. The third kappa shape index (κ3) is 4.42. The molecule has 2 heterocycles. The lowest BCUT2D eigenvalue weighted by Crippen LogP contribution is -2.51. The molecule has 0 bridgehead atoms. The molecule has 1 aromatic rings. The second kappa shape index (κ2) is 7.09. The summed E-state index contributed by atoms with van der Waals surface area (Å²) in [6, 6.07) is 3.64. The molecule has 8 heteroatoms. The van der Waals surface area contributed by atoms with Crippen LogP contribution in [0.5, 0.6) is 0 Å². The molecule has 0 spiro atoms. The smallest absolute Gasteiger partial charge is 0.227 e. The van der Waals surface area contributed by atoms with Crippen LogP contribution in [-0.2, 0) is 21.2 Å². The van der Waals surface area contributed by atoms with Gasteiger partial charge in [0.2, 0.25) is 15.9 Å². The first-order valence-electron chi connectivity index (χ1n) is 6.92. The molecule has 0 unspecified atom stereocenters. The van der Waals surface area contributed by atoms with Crippen LogP contribution in [0.25, 0.3) is 0 Å². The van der Waals surface area contributed by atoms with E-state index in [1.807, 2.05) is 13.0 Å². The Bertz CT molecular complexity index is 592. The van der Waals surface area contributed by atoms with Crippen LogP contribution in [0.4, 0.5) is 0 Å². The van der Waals surface area contributed by atoms with Gasteiger partial charge >= 0.3 is 0 Å². The maximum absolute atomic E-state index is 12.2. The highest BCUT2D eigenvalue weighted by Crippen LogP contribution is 2.22. The number of sulfonamides is 1. The average Bonchev–Trinajstić information content (AvgIpc) is 2.84. The third-order valence-corrected chi connectivity index (χ3v) is 6.71. The van der Waals surface area contributed by atoms with Gasteiger partial charge in [-0.2, -0.15) is 4.31 Å². The summed E-state index contributed by atoms with van der Waals surface area (Å²) in [7, 11) is -3.16. The standard InChI is InChI=1S/C13H19ClN2O3S2/c1-2-9-21(18,19)16-7-5-15(6-8-16)13(17)10-11-3-4-12(14)20-11/h3-4H,2,5-10H2,1H3. The average molecular weight is 351 g/mol. The monoisotopic (exact) mass is 350 g/mol. The second-order valence-electron chi connectivity index (χ2n) is 4.98. The highest BCUT2D eigenvalue weighted by Gasteiger charge is 2.28. The SMILES string of the molecule is CCCS(=O)(=O)N1CCN(C(=O)Cc2ccc(Cl)s2)CC1. The number of hydrogen-bond acceptors (Lipinski definition) is 4. The van der Waals surface area contributed by atoms with Gasteiger partial charge in [0.25, 0.3) is 0 Å². The number of nitrogens with zero attached hydrogens (tertiary/aromatic N) is 2. The lowest BCUT2D eigenvalue weighted by Gasteiger charge is -2.34. The Morgan fingerprint density at radius 3 is 2.48 bits per heavy atom. The fourth-order valence-corrected chi connectivity index (χ4v) is 4.88. The Balaban J connectivity index is 1.87. The van der Waals surface area contributed by atoms with Crippen LogP contribution in [0.3, 0.4) is 0 Å². The molecule has 1 aliphatic rings. The van der Waals surface area contributed by atoms with Crippen molar-refractivity contribution in [2.24, 2.45) is 0 Å². The summed E-state index contributed by atoms with van der Waals surface area (Å²) < 4.78 is 26.1. The van der Waals surface area contributed by atoms with E-state index in [2.05, 4.69) is 0 Å². The predicted octanol–water partition coefficient (Wildman–Crippen LogP) is 1.83. The van der Waals surface area contributed by atoms with Crippen LogP contribution in [0.1, 0.15) is 18.2 Å². The Kier molecular flexibility index (Phi) is 5.65. The van der Waals surface area contributed by atoms with Gasteiger partial charge in [-0.25, -0.2) is 8.42 Å². The fraction of sp³-hybridized carbons (Fsp3) is 0.615. The van der Waals surface area contributed by atoms with Gasteiger partial charge in [0, 0.05) is 31.1 Å². The molecule has 5 nitrogen and oxygen atoms in total. The van der Waals surface area contributed by atoms with Gasteiger partial charge in [0.05, 0.1) is 16.5 Å². The van der Waals surface area contributed by atoms with Gasteiger partial charge in [0.1, 0.15) is 0 Å². The Hall–Kier alpha value is -0.630. The molecule has 1 amide bonds. The molecular formula is C13H19ClN2O3S2. The minimum atomic E-state index is -3.16. The lowest BCUT2D eigenvalue weighted by molar-refractivity contribution is -0.131. The van der Waals surface area contributed by atoms with E-state index in [1.165, 1.54) is 15.6 Å². The van der Waals surface area contributed by atoms with Gasteiger partial charge in [-0.1, -0.05) is 18.5 Å². The molecule has 1 saturated heterocycles. The van der Waals surface area contributed by atoms with E-state index in [1.54, 1.807) is 11.0 Å². The minimum Gasteiger partial charge on any atom is -0.340 e. The fourth-order valence-electron chi connectivity index (χ4n) is 2.31. The van der Waals surface area contributed by atoms with Gasteiger partial charge in [-0.15, -0.1) is 11.3 Å². The van der Waals surface area contributed by atoms with E-state index >= 15 is 0 Å². The van der Waals surface area contributed by atoms with Gasteiger partial charge in [0.15, 0.2) is 0 Å². The zero-order valence-corrected chi connectivity index (χ0v) is 14.3. The van der Waals surface area contributed by atoms with Crippen LogP contribution in [-0.4, -0.2) is 55.5 Å². The molecule has 1 aromatic heterocycles. The topological polar surface area (TPSA) is 57.7 Å². The van der Waals surface area contributed by atoms with Crippen molar-refractivity contribution in [1.82, 2.24) is 9.21 Å². The van der Waals surface area contributed by atoms with Crippen LogP contribution < -0.4 is 0 Å². The minimum absolute atomic E-state index is 0.0288. The molecule has 1 aliphatic heterocycles. The number of rotatable bonds is 5. The van der Waals surface area contributed by atoms with Gasteiger partial charge in [-0.05, 0) is 18.6 Å². The summed E-state index contributed by atoms with van der Waals surface area (Å²) >= 11 is 7.25.